The molecule has 2 heterocycles. The van der Waals surface area contributed by atoms with Gasteiger partial charge in [-0.05, 0) is 51.5 Å². The van der Waals surface area contributed by atoms with Crippen LogP contribution in [0.5, 0.6) is 0 Å². The number of aryl methyl sites for hydroxylation is 1. The Bertz CT molecular complexity index is 1550. The Kier molecular flexibility index (Phi) is 6.52. The zero-order valence-electron chi connectivity index (χ0n) is 21.5. The zero-order valence-corrected chi connectivity index (χ0v) is 21.5. The van der Waals surface area contributed by atoms with Crippen LogP contribution >= 0.6 is 0 Å². The normalized spacial score (nSPS) is 17.1. The van der Waals surface area contributed by atoms with Crippen molar-refractivity contribution in [3.63, 3.8) is 0 Å². The summed E-state index contributed by atoms with van der Waals surface area (Å²) in [7, 11) is 0. The number of carbonyl (C=O) groups is 1. The highest BCUT2D eigenvalue weighted by Crippen LogP contribution is 2.41. The van der Waals surface area contributed by atoms with Crippen molar-refractivity contribution in [2.24, 2.45) is 5.16 Å². The molecule has 7 nitrogen and oxygen atoms in total. The number of oxime groups is 1. The maximum atomic E-state index is 16.4. The van der Waals surface area contributed by atoms with Gasteiger partial charge in [-0.3, -0.25) is 5.32 Å². The number of H-pyrrole nitrogens is 1. The molecule has 5 rings (SSSR count). The number of nitrogens with zero attached hydrogens (tertiary/aromatic N) is 1. The van der Waals surface area contributed by atoms with Gasteiger partial charge in [-0.15, -0.1) is 0 Å². The molecule has 3 N–H and O–H groups in total. The van der Waals surface area contributed by atoms with Crippen LogP contribution in [-0.4, -0.2) is 35.0 Å². The first-order valence-electron chi connectivity index (χ1n) is 12.3. The number of halogens is 2. The first-order valence-corrected chi connectivity index (χ1v) is 12.3. The van der Waals surface area contributed by atoms with E-state index < -0.39 is 29.4 Å². The smallest absolute Gasteiger partial charge is 0.412 e. The lowest BCUT2D eigenvalue weighted by atomic mass is 9.83. The Morgan fingerprint density at radius 3 is 2.61 bits per heavy atom. The molecule has 1 unspecified atom stereocenters. The van der Waals surface area contributed by atoms with Gasteiger partial charge in [0, 0.05) is 28.5 Å². The minimum absolute atomic E-state index is 0.0213. The molecule has 9 heteroatoms. The molecule has 0 spiro atoms. The molecular formula is C29H28F2N4O3. The summed E-state index contributed by atoms with van der Waals surface area (Å²) >= 11 is 0. The van der Waals surface area contributed by atoms with Crippen molar-refractivity contribution in [1.29, 1.82) is 0 Å². The first kappa shape index (κ1) is 25.3. The maximum Gasteiger partial charge on any atom is 0.412 e. The number of para-hydroxylation sites is 2. The standard InChI is InChI=1S/C29H28F2N4O3/c1-5-37-35-26-23-21(34-29(3,4)27(26)38-28(36)33-17-10-7-6-8-11-17)14-20(30)22(24(23)31)19-13-9-12-18-16(2)15-32-25(18)19/h6-15,27,32,34H,5H2,1-4H3,(H,33,36)/b35-26-. The maximum absolute atomic E-state index is 16.4. The van der Waals surface area contributed by atoms with E-state index in [2.05, 4.69) is 20.8 Å². The minimum Gasteiger partial charge on any atom is -0.437 e. The number of nitrogens with one attached hydrogen (secondary N) is 3. The van der Waals surface area contributed by atoms with Crippen molar-refractivity contribution in [3.05, 3.63) is 83.6 Å². The first-order chi connectivity index (χ1) is 18.2. The van der Waals surface area contributed by atoms with E-state index in [4.69, 9.17) is 9.57 Å². The summed E-state index contributed by atoms with van der Waals surface area (Å²) in [5.74, 6) is -1.57. The van der Waals surface area contributed by atoms with Gasteiger partial charge in [0.05, 0.1) is 22.2 Å². The van der Waals surface area contributed by atoms with Gasteiger partial charge < -0.3 is 19.9 Å². The average Bonchev–Trinajstić information content (AvgIpc) is 3.26. The lowest BCUT2D eigenvalue weighted by molar-refractivity contribution is 0.105. The van der Waals surface area contributed by atoms with Crippen LogP contribution in [0.25, 0.3) is 22.0 Å². The molecule has 1 amide bonds. The monoisotopic (exact) mass is 518 g/mol. The summed E-state index contributed by atoms with van der Waals surface area (Å²) in [4.78, 5) is 21.3. The molecule has 1 aliphatic heterocycles. The van der Waals surface area contributed by atoms with Crippen molar-refractivity contribution < 1.29 is 23.1 Å². The quantitative estimate of drug-likeness (QED) is 0.249. The Morgan fingerprint density at radius 2 is 1.87 bits per heavy atom. The third kappa shape index (κ3) is 4.44. The van der Waals surface area contributed by atoms with Crippen molar-refractivity contribution in [2.45, 2.75) is 39.3 Å². The van der Waals surface area contributed by atoms with E-state index in [1.54, 1.807) is 63.4 Å². The van der Waals surface area contributed by atoms with E-state index in [9.17, 15) is 4.79 Å². The van der Waals surface area contributed by atoms with E-state index in [1.165, 1.54) is 6.07 Å². The largest absolute Gasteiger partial charge is 0.437 e. The van der Waals surface area contributed by atoms with Crippen LogP contribution in [-0.2, 0) is 9.57 Å². The number of hydrogen-bond donors (Lipinski definition) is 3. The molecule has 0 fully saturated rings. The fourth-order valence-corrected chi connectivity index (χ4v) is 4.81. The summed E-state index contributed by atoms with van der Waals surface area (Å²) in [6, 6.07) is 15.4. The van der Waals surface area contributed by atoms with Crippen LogP contribution in [0.15, 0.2) is 65.9 Å². The molecule has 0 radical (unpaired) electrons. The number of aromatic nitrogens is 1. The van der Waals surface area contributed by atoms with Crippen LogP contribution in [0.4, 0.5) is 25.0 Å². The Hall–Kier alpha value is -4.40. The second-order valence-corrected chi connectivity index (χ2v) is 9.69. The van der Waals surface area contributed by atoms with Crippen LogP contribution in [0.1, 0.15) is 31.9 Å². The molecular weight excluding hydrogens is 490 g/mol. The number of carbonyl (C=O) groups excluding carboxylic acids is 1. The lowest BCUT2D eigenvalue weighted by Crippen LogP contribution is -2.55. The van der Waals surface area contributed by atoms with Gasteiger partial charge in [0.25, 0.3) is 0 Å². The predicted octanol–water partition coefficient (Wildman–Crippen LogP) is 6.98. The molecule has 0 saturated carbocycles. The fraction of sp³-hybridized carbons (Fsp3) is 0.241. The third-order valence-electron chi connectivity index (χ3n) is 6.56. The van der Waals surface area contributed by atoms with E-state index in [-0.39, 0.29) is 29.1 Å². The Labute approximate surface area is 218 Å². The van der Waals surface area contributed by atoms with Crippen LogP contribution in [0, 0.1) is 18.6 Å². The summed E-state index contributed by atoms with van der Waals surface area (Å²) in [5.41, 5.74) is 1.49. The second-order valence-electron chi connectivity index (χ2n) is 9.69. The van der Waals surface area contributed by atoms with Crippen molar-refractivity contribution in [3.8, 4) is 11.1 Å². The number of amides is 1. The molecule has 1 aliphatic rings. The molecule has 1 aromatic heterocycles. The summed E-state index contributed by atoms with van der Waals surface area (Å²) in [5, 5.41) is 10.8. The zero-order chi connectivity index (χ0) is 27.0. The number of benzene rings is 3. The van der Waals surface area contributed by atoms with Crippen LogP contribution < -0.4 is 10.6 Å². The summed E-state index contributed by atoms with van der Waals surface area (Å²) in [6.07, 6.45) is -0.0244. The molecule has 1 atom stereocenters. The average molecular weight is 519 g/mol. The number of fused-ring (bicyclic) bond motifs is 2. The van der Waals surface area contributed by atoms with Gasteiger partial charge in [-0.2, -0.15) is 0 Å². The SMILES string of the molecule is CCO/N=C1/c2c(cc(F)c(-c3cccc4c(C)c[nH]c34)c2F)NC(C)(C)C1OC(=O)Nc1ccccc1. The second kappa shape index (κ2) is 9.81. The highest BCUT2D eigenvalue weighted by molar-refractivity contribution is 6.13. The van der Waals surface area contributed by atoms with Gasteiger partial charge in [-0.1, -0.05) is 41.6 Å². The Balaban J connectivity index is 1.63. The van der Waals surface area contributed by atoms with Gasteiger partial charge in [0.1, 0.15) is 24.0 Å². The van der Waals surface area contributed by atoms with E-state index in [1.807, 2.05) is 19.1 Å². The van der Waals surface area contributed by atoms with Gasteiger partial charge in [0.2, 0.25) is 0 Å². The molecule has 0 bridgehead atoms. The van der Waals surface area contributed by atoms with E-state index in [0.29, 0.717) is 16.8 Å². The van der Waals surface area contributed by atoms with Crippen LogP contribution in [0.3, 0.4) is 0 Å². The lowest BCUT2D eigenvalue weighted by Gasteiger charge is -2.41. The number of aromatic amines is 1. The number of rotatable bonds is 5. The fourth-order valence-electron chi connectivity index (χ4n) is 4.81. The van der Waals surface area contributed by atoms with Gasteiger partial charge >= 0.3 is 6.09 Å². The molecule has 196 valence electrons. The van der Waals surface area contributed by atoms with Crippen molar-refractivity contribution >= 4 is 34.1 Å². The molecule has 38 heavy (non-hydrogen) atoms. The van der Waals surface area contributed by atoms with Crippen LogP contribution in [0.2, 0.25) is 0 Å². The topological polar surface area (TPSA) is 87.7 Å². The summed E-state index contributed by atoms with van der Waals surface area (Å²) in [6.45, 7) is 7.36. The highest BCUT2D eigenvalue weighted by atomic mass is 19.1. The molecule has 0 saturated heterocycles. The minimum atomic E-state index is -1.07. The van der Waals surface area contributed by atoms with Gasteiger partial charge in [-0.25, -0.2) is 13.6 Å². The predicted molar refractivity (Wildman–Crippen MR) is 145 cm³/mol. The highest BCUT2D eigenvalue weighted by Gasteiger charge is 2.45. The third-order valence-corrected chi connectivity index (χ3v) is 6.56. The summed E-state index contributed by atoms with van der Waals surface area (Å²) < 4.78 is 37.8. The Morgan fingerprint density at radius 1 is 1.11 bits per heavy atom. The number of hydrogen-bond acceptors (Lipinski definition) is 5. The van der Waals surface area contributed by atoms with Crippen molar-refractivity contribution in [2.75, 3.05) is 17.2 Å². The van der Waals surface area contributed by atoms with Gasteiger partial charge in [0.15, 0.2) is 6.10 Å². The number of anilines is 2. The number of ether oxygens (including phenoxy) is 1. The molecule has 0 aliphatic carbocycles. The molecule has 4 aromatic rings. The van der Waals surface area contributed by atoms with E-state index >= 15 is 8.78 Å². The van der Waals surface area contributed by atoms with Crippen molar-refractivity contribution in [1.82, 2.24) is 4.98 Å². The molecule has 3 aromatic carbocycles. The van der Waals surface area contributed by atoms with E-state index in [0.717, 1.165) is 10.9 Å².